The highest BCUT2D eigenvalue weighted by Crippen LogP contribution is 2.41. The van der Waals surface area contributed by atoms with Crippen molar-refractivity contribution in [3.05, 3.63) is 138 Å². The number of rotatable bonds is 3. The normalized spacial score (nSPS) is 13.2. The quantitative estimate of drug-likeness (QED) is 0.230. The van der Waals surface area contributed by atoms with Crippen LogP contribution >= 0.6 is 0 Å². The van der Waals surface area contributed by atoms with Gasteiger partial charge >= 0.3 is 0 Å². The van der Waals surface area contributed by atoms with E-state index in [2.05, 4.69) is 113 Å². The Labute approximate surface area is 251 Å². The lowest BCUT2D eigenvalue weighted by molar-refractivity contribution is 0.527. The maximum atomic E-state index is 6.48. The van der Waals surface area contributed by atoms with E-state index in [9.17, 15) is 0 Å². The zero-order valence-corrected chi connectivity index (χ0v) is 23.5. The van der Waals surface area contributed by atoms with Crippen LogP contribution < -0.4 is 10.2 Å². The maximum absolute atomic E-state index is 6.48. The molecule has 1 N–H and O–H groups in total. The maximum Gasteiger partial charge on any atom is 0.142 e. The Bertz CT molecular complexity index is 2630. The predicted molar refractivity (Wildman–Crippen MR) is 178 cm³/mol. The Balaban J connectivity index is 1.20. The van der Waals surface area contributed by atoms with E-state index in [4.69, 9.17) is 13.3 Å². The molecule has 0 saturated carbocycles. The number of furan rings is 3. The summed E-state index contributed by atoms with van der Waals surface area (Å²) in [4.78, 5) is 2.26. The van der Waals surface area contributed by atoms with Crippen LogP contribution in [-0.4, -0.2) is 0 Å². The molecule has 0 bridgehead atoms. The summed E-state index contributed by atoms with van der Waals surface area (Å²) < 4.78 is 19.0. The van der Waals surface area contributed by atoms with Crippen molar-refractivity contribution in [3.63, 3.8) is 0 Å². The highest BCUT2D eigenvalue weighted by atomic mass is 16.3. The molecule has 5 heteroatoms. The van der Waals surface area contributed by atoms with E-state index in [1.54, 1.807) is 0 Å². The lowest BCUT2D eigenvalue weighted by Crippen LogP contribution is -2.29. The fraction of sp³-hybridized carbons (Fsp3) is 0.0256. The number of hydrogen-bond donors (Lipinski definition) is 1. The Morgan fingerprint density at radius 3 is 2.00 bits per heavy atom. The molecule has 6 aromatic carbocycles. The van der Waals surface area contributed by atoms with E-state index in [0.29, 0.717) is 6.54 Å². The van der Waals surface area contributed by atoms with Gasteiger partial charge in [0.1, 0.15) is 39.5 Å². The number of para-hydroxylation sites is 2. The standard InChI is InChI=1S/C39H24N2O3/c1-2-8-26-23(7-1)13-16-30-32-21-38(40-22-37(32)44-39(26)30)41(24-15-18-35-31(19-24)28-10-4-6-12-34(28)42-35)25-14-17-29-27-9-3-5-11-33(27)43-36(29)20-25/h1-21,40H,22H2. The van der Waals surface area contributed by atoms with Crippen LogP contribution in [0.3, 0.4) is 0 Å². The number of anilines is 2. The molecule has 44 heavy (non-hydrogen) atoms. The number of nitrogens with zero attached hydrogens (tertiary/aromatic N) is 1. The van der Waals surface area contributed by atoms with Crippen LogP contribution in [-0.2, 0) is 6.54 Å². The van der Waals surface area contributed by atoms with Gasteiger partial charge in [0, 0.05) is 49.6 Å². The van der Waals surface area contributed by atoms with Gasteiger partial charge in [0.25, 0.3) is 0 Å². The monoisotopic (exact) mass is 568 g/mol. The summed E-state index contributed by atoms with van der Waals surface area (Å²) in [5.74, 6) is 1.89. The summed E-state index contributed by atoms with van der Waals surface area (Å²) >= 11 is 0. The second-order valence-electron chi connectivity index (χ2n) is 11.4. The molecule has 0 radical (unpaired) electrons. The van der Waals surface area contributed by atoms with Gasteiger partial charge in [0.05, 0.1) is 12.2 Å². The van der Waals surface area contributed by atoms with E-state index >= 15 is 0 Å². The Kier molecular flexibility index (Phi) is 4.71. The van der Waals surface area contributed by atoms with Crippen LogP contribution in [0.4, 0.5) is 11.4 Å². The van der Waals surface area contributed by atoms with Crippen LogP contribution in [0.2, 0.25) is 0 Å². The first-order chi connectivity index (χ1) is 21.8. The second kappa shape index (κ2) is 8.79. The Morgan fingerprint density at radius 2 is 1.14 bits per heavy atom. The molecule has 0 unspecified atom stereocenters. The third-order valence-corrected chi connectivity index (χ3v) is 8.89. The average molecular weight is 569 g/mol. The van der Waals surface area contributed by atoms with Crippen molar-refractivity contribution in [1.82, 2.24) is 5.32 Å². The summed E-state index contributed by atoms with van der Waals surface area (Å²) in [7, 11) is 0. The first-order valence-corrected chi connectivity index (χ1v) is 14.8. The molecule has 5 nitrogen and oxygen atoms in total. The molecule has 9 aromatic rings. The van der Waals surface area contributed by atoms with Gasteiger partial charge in [-0.1, -0.05) is 66.7 Å². The summed E-state index contributed by atoms with van der Waals surface area (Å²) in [6, 6.07) is 42.0. The van der Waals surface area contributed by atoms with E-state index in [1.165, 1.54) is 5.39 Å². The van der Waals surface area contributed by atoms with Crippen LogP contribution in [0.25, 0.3) is 71.7 Å². The van der Waals surface area contributed by atoms with Crippen LogP contribution in [0.1, 0.15) is 11.3 Å². The van der Waals surface area contributed by atoms with Gasteiger partial charge in [-0.15, -0.1) is 0 Å². The third kappa shape index (κ3) is 3.35. The molecule has 1 aliphatic heterocycles. The first-order valence-electron chi connectivity index (χ1n) is 14.8. The highest BCUT2D eigenvalue weighted by Gasteiger charge is 2.25. The van der Waals surface area contributed by atoms with Gasteiger partial charge < -0.3 is 18.6 Å². The van der Waals surface area contributed by atoms with E-state index in [0.717, 1.165) is 88.8 Å². The molecule has 0 aliphatic carbocycles. The van der Waals surface area contributed by atoms with E-state index in [-0.39, 0.29) is 0 Å². The van der Waals surface area contributed by atoms with Crippen molar-refractivity contribution in [2.45, 2.75) is 6.54 Å². The summed E-state index contributed by atoms with van der Waals surface area (Å²) in [5, 5.41) is 11.5. The fourth-order valence-corrected chi connectivity index (χ4v) is 6.82. The van der Waals surface area contributed by atoms with Crippen molar-refractivity contribution in [2.75, 3.05) is 4.90 Å². The molecule has 0 amide bonds. The van der Waals surface area contributed by atoms with E-state index in [1.807, 2.05) is 24.3 Å². The first kappa shape index (κ1) is 23.6. The van der Waals surface area contributed by atoms with Gasteiger partial charge in [-0.2, -0.15) is 0 Å². The molecular formula is C39H24N2O3. The van der Waals surface area contributed by atoms with Crippen molar-refractivity contribution < 1.29 is 13.3 Å². The topological polar surface area (TPSA) is 54.7 Å². The zero-order chi connectivity index (χ0) is 28.8. The SMILES string of the molecule is C1=C(N(c2ccc3c(c2)oc2ccccc23)c2ccc3oc4ccccc4c3c2)NCc2oc3c(ccc4ccccc43)c21. The fourth-order valence-electron chi connectivity index (χ4n) is 6.82. The predicted octanol–water partition coefficient (Wildman–Crippen LogP) is 10.6. The highest BCUT2D eigenvalue weighted by molar-refractivity contribution is 6.09. The van der Waals surface area contributed by atoms with Gasteiger partial charge in [-0.25, -0.2) is 0 Å². The molecular weight excluding hydrogens is 544 g/mol. The molecule has 10 rings (SSSR count). The smallest absolute Gasteiger partial charge is 0.142 e. The average Bonchev–Trinajstić information content (AvgIpc) is 3.75. The van der Waals surface area contributed by atoms with Gasteiger partial charge in [0.2, 0.25) is 0 Å². The minimum absolute atomic E-state index is 0.574. The Hall–Kier alpha value is -5.94. The molecule has 0 fully saturated rings. The van der Waals surface area contributed by atoms with Crippen molar-refractivity contribution in [3.8, 4) is 0 Å². The molecule has 0 atom stereocenters. The van der Waals surface area contributed by atoms with Gasteiger partial charge in [-0.3, -0.25) is 4.90 Å². The van der Waals surface area contributed by atoms with Crippen LogP contribution in [0, 0.1) is 0 Å². The molecule has 4 heterocycles. The van der Waals surface area contributed by atoms with Gasteiger partial charge in [-0.05, 0) is 60.0 Å². The molecule has 1 aliphatic rings. The zero-order valence-electron chi connectivity index (χ0n) is 23.5. The molecule has 0 saturated heterocycles. The Morgan fingerprint density at radius 1 is 0.500 bits per heavy atom. The third-order valence-electron chi connectivity index (χ3n) is 8.89. The van der Waals surface area contributed by atoms with Crippen molar-refractivity contribution in [1.29, 1.82) is 0 Å². The van der Waals surface area contributed by atoms with Crippen molar-refractivity contribution >= 4 is 83.1 Å². The summed E-state index contributed by atoms with van der Waals surface area (Å²) in [5.41, 5.74) is 7.51. The van der Waals surface area contributed by atoms with Gasteiger partial charge in [0.15, 0.2) is 0 Å². The number of benzene rings is 6. The van der Waals surface area contributed by atoms with Crippen molar-refractivity contribution in [2.24, 2.45) is 0 Å². The minimum Gasteiger partial charge on any atom is -0.458 e. The second-order valence-corrected chi connectivity index (χ2v) is 11.4. The van der Waals surface area contributed by atoms with Crippen LogP contribution in [0.5, 0.6) is 0 Å². The minimum atomic E-state index is 0.574. The molecule has 3 aromatic heterocycles. The number of fused-ring (bicyclic) bond motifs is 11. The summed E-state index contributed by atoms with van der Waals surface area (Å²) in [6.07, 6.45) is 2.21. The number of hydrogen-bond acceptors (Lipinski definition) is 5. The molecule has 208 valence electrons. The lowest BCUT2D eigenvalue weighted by atomic mass is 10.0. The van der Waals surface area contributed by atoms with E-state index < -0.39 is 0 Å². The lowest BCUT2D eigenvalue weighted by Gasteiger charge is -2.30. The summed E-state index contributed by atoms with van der Waals surface area (Å²) in [6.45, 7) is 0.574. The molecule has 0 spiro atoms. The number of nitrogens with one attached hydrogen (secondary N) is 1. The largest absolute Gasteiger partial charge is 0.458 e. The van der Waals surface area contributed by atoms with Crippen LogP contribution in [0.15, 0.2) is 140 Å².